The highest BCUT2D eigenvalue weighted by Gasteiger charge is 2.30. The molecule has 0 saturated carbocycles. The Morgan fingerprint density at radius 1 is 1.19 bits per heavy atom. The third kappa shape index (κ3) is 2.11. The Morgan fingerprint density at radius 2 is 2.06 bits per heavy atom. The standard InChI is InChI=1S/C13H17NO.BrH/c15-12-4-3-9-8-13-10(2-1-5-14-13)6-11(9)7-12;/h3-4,7,10,13-15H,1-2,5-6,8H2;1H/t10-,13+;/m1./s1. The van der Waals surface area contributed by atoms with Gasteiger partial charge in [0, 0.05) is 6.04 Å². The molecule has 1 aliphatic heterocycles. The second-order valence-corrected chi connectivity index (χ2v) is 4.82. The molecule has 3 heteroatoms. The molecule has 2 nitrogen and oxygen atoms in total. The van der Waals surface area contributed by atoms with Gasteiger partial charge in [0.05, 0.1) is 0 Å². The summed E-state index contributed by atoms with van der Waals surface area (Å²) in [5, 5.41) is 13.1. The van der Waals surface area contributed by atoms with Crippen molar-refractivity contribution in [2.45, 2.75) is 31.7 Å². The zero-order valence-electron chi connectivity index (χ0n) is 9.28. The number of rotatable bonds is 0. The van der Waals surface area contributed by atoms with Crippen molar-refractivity contribution in [3.63, 3.8) is 0 Å². The first-order valence-electron chi connectivity index (χ1n) is 5.87. The molecule has 1 heterocycles. The fourth-order valence-corrected chi connectivity index (χ4v) is 3.02. The van der Waals surface area contributed by atoms with Crippen LogP contribution in [0.3, 0.4) is 0 Å². The Kier molecular flexibility index (Phi) is 3.55. The van der Waals surface area contributed by atoms with Gasteiger partial charge in [0.2, 0.25) is 0 Å². The predicted molar refractivity (Wildman–Crippen MR) is 70.4 cm³/mol. The van der Waals surface area contributed by atoms with E-state index >= 15 is 0 Å². The summed E-state index contributed by atoms with van der Waals surface area (Å²) in [6.07, 6.45) is 4.92. The summed E-state index contributed by atoms with van der Waals surface area (Å²) in [7, 11) is 0. The Hall–Kier alpha value is -0.540. The number of nitrogens with one attached hydrogen (secondary N) is 1. The van der Waals surface area contributed by atoms with E-state index in [-0.39, 0.29) is 17.0 Å². The molecule has 2 atom stereocenters. The van der Waals surface area contributed by atoms with E-state index in [1.807, 2.05) is 12.1 Å². The fraction of sp³-hybridized carbons (Fsp3) is 0.538. The van der Waals surface area contributed by atoms with Gasteiger partial charge in [0.25, 0.3) is 0 Å². The molecule has 88 valence electrons. The summed E-state index contributed by atoms with van der Waals surface area (Å²) < 4.78 is 0. The third-order valence-corrected chi connectivity index (χ3v) is 3.84. The molecule has 0 aromatic heterocycles. The predicted octanol–water partition coefficient (Wildman–Crippen LogP) is 2.44. The van der Waals surface area contributed by atoms with Crippen molar-refractivity contribution in [3.05, 3.63) is 29.3 Å². The monoisotopic (exact) mass is 283 g/mol. The SMILES string of the molecule is Br.Oc1ccc2c(c1)C[C@H]1CCCN[C@H]1C2. The number of benzene rings is 1. The summed E-state index contributed by atoms with van der Waals surface area (Å²) >= 11 is 0. The highest BCUT2D eigenvalue weighted by molar-refractivity contribution is 8.93. The normalized spacial score (nSPS) is 27.5. The van der Waals surface area contributed by atoms with E-state index in [9.17, 15) is 5.11 Å². The molecule has 1 aliphatic carbocycles. The Bertz CT molecular complexity index is 380. The molecule has 1 saturated heterocycles. The zero-order valence-corrected chi connectivity index (χ0v) is 11.0. The maximum absolute atomic E-state index is 9.47. The maximum Gasteiger partial charge on any atom is 0.115 e. The number of aromatic hydroxyl groups is 1. The van der Waals surface area contributed by atoms with Gasteiger partial charge in [-0.1, -0.05) is 6.07 Å². The van der Waals surface area contributed by atoms with E-state index in [2.05, 4.69) is 11.4 Å². The quantitative estimate of drug-likeness (QED) is 0.767. The van der Waals surface area contributed by atoms with Crippen molar-refractivity contribution in [2.75, 3.05) is 6.54 Å². The van der Waals surface area contributed by atoms with Gasteiger partial charge in [0.1, 0.15) is 5.75 Å². The highest BCUT2D eigenvalue weighted by atomic mass is 79.9. The first kappa shape index (κ1) is 11.9. The minimum atomic E-state index is 0. The van der Waals surface area contributed by atoms with Crippen LogP contribution in [0.15, 0.2) is 18.2 Å². The number of piperidine rings is 1. The molecule has 3 rings (SSSR count). The lowest BCUT2D eigenvalue weighted by atomic mass is 9.76. The second kappa shape index (κ2) is 4.76. The third-order valence-electron chi connectivity index (χ3n) is 3.84. The van der Waals surface area contributed by atoms with Crippen LogP contribution in [0.5, 0.6) is 5.75 Å². The zero-order chi connectivity index (χ0) is 10.3. The van der Waals surface area contributed by atoms with Crippen molar-refractivity contribution in [3.8, 4) is 5.75 Å². The largest absolute Gasteiger partial charge is 0.508 e. The fourth-order valence-electron chi connectivity index (χ4n) is 3.02. The topological polar surface area (TPSA) is 32.3 Å². The Morgan fingerprint density at radius 3 is 2.94 bits per heavy atom. The van der Waals surface area contributed by atoms with Gasteiger partial charge in [0.15, 0.2) is 0 Å². The molecule has 1 aromatic carbocycles. The summed E-state index contributed by atoms with van der Waals surface area (Å²) in [5.41, 5.74) is 2.78. The molecule has 0 amide bonds. The Balaban J connectivity index is 0.000000963. The molecule has 1 aromatic rings. The van der Waals surface area contributed by atoms with Crippen LogP contribution in [0.25, 0.3) is 0 Å². The van der Waals surface area contributed by atoms with Crippen LogP contribution < -0.4 is 5.32 Å². The first-order chi connectivity index (χ1) is 7.33. The highest BCUT2D eigenvalue weighted by Crippen LogP contribution is 2.32. The number of hydrogen-bond donors (Lipinski definition) is 2. The smallest absolute Gasteiger partial charge is 0.115 e. The van der Waals surface area contributed by atoms with Gasteiger partial charge >= 0.3 is 0 Å². The summed E-state index contributed by atoms with van der Waals surface area (Å²) in [4.78, 5) is 0. The molecule has 16 heavy (non-hydrogen) atoms. The number of halogens is 1. The molecule has 0 unspecified atom stereocenters. The lowest BCUT2D eigenvalue weighted by Gasteiger charge is -2.37. The van der Waals surface area contributed by atoms with Crippen molar-refractivity contribution in [2.24, 2.45) is 5.92 Å². The molecular weight excluding hydrogens is 266 g/mol. The van der Waals surface area contributed by atoms with Crippen LogP contribution in [-0.4, -0.2) is 17.7 Å². The molecule has 2 N–H and O–H groups in total. The minimum absolute atomic E-state index is 0. The number of hydrogen-bond acceptors (Lipinski definition) is 2. The number of phenols is 1. The van der Waals surface area contributed by atoms with Gasteiger partial charge in [-0.3, -0.25) is 0 Å². The minimum Gasteiger partial charge on any atom is -0.508 e. The van der Waals surface area contributed by atoms with E-state index in [1.165, 1.54) is 30.5 Å². The van der Waals surface area contributed by atoms with Gasteiger partial charge in [-0.05, 0) is 61.4 Å². The second-order valence-electron chi connectivity index (χ2n) is 4.82. The van der Waals surface area contributed by atoms with Crippen molar-refractivity contribution in [1.82, 2.24) is 5.32 Å². The van der Waals surface area contributed by atoms with Crippen LogP contribution >= 0.6 is 17.0 Å². The molecule has 2 aliphatic rings. The Labute approximate surface area is 107 Å². The van der Waals surface area contributed by atoms with Crippen LogP contribution in [0.2, 0.25) is 0 Å². The summed E-state index contributed by atoms with van der Waals surface area (Å²) in [6, 6.07) is 6.51. The van der Waals surface area contributed by atoms with Gasteiger partial charge in [-0.25, -0.2) is 0 Å². The van der Waals surface area contributed by atoms with Gasteiger partial charge in [-0.15, -0.1) is 17.0 Å². The summed E-state index contributed by atoms with van der Waals surface area (Å²) in [5.74, 6) is 1.20. The maximum atomic E-state index is 9.47. The number of phenolic OH excluding ortho intramolecular Hbond substituents is 1. The van der Waals surface area contributed by atoms with Crippen molar-refractivity contribution in [1.29, 1.82) is 0 Å². The molecular formula is C13H18BrNO. The molecule has 0 radical (unpaired) electrons. The van der Waals surface area contributed by atoms with Crippen LogP contribution in [-0.2, 0) is 12.8 Å². The average Bonchev–Trinajstić information content (AvgIpc) is 2.26. The van der Waals surface area contributed by atoms with Crippen LogP contribution in [0.4, 0.5) is 0 Å². The van der Waals surface area contributed by atoms with E-state index in [1.54, 1.807) is 0 Å². The van der Waals surface area contributed by atoms with Crippen LogP contribution in [0, 0.1) is 5.92 Å². The average molecular weight is 284 g/mol. The van der Waals surface area contributed by atoms with E-state index in [0.29, 0.717) is 11.8 Å². The first-order valence-corrected chi connectivity index (χ1v) is 5.87. The molecule has 0 spiro atoms. The lowest BCUT2D eigenvalue weighted by molar-refractivity contribution is 0.263. The van der Waals surface area contributed by atoms with E-state index < -0.39 is 0 Å². The summed E-state index contributed by atoms with van der Waals surface area (Å²) in [6.45, 7) is 1.18. The van der Waals surface area contributed by atoms with E-state index in [4.69, 9.17) is 0 Å². The van der Waals surface area contributed by atoms with Crippen molar-refractivity contribution >= 4 is 17.0 Å². The number of fused-ring (bicyclic) bond motifs is 2. The van der Waals surface area contributed by atoms with Crippen LogP contribution in [0.1, 0.15) is 24.0 Å². The van der Waals surface area contributed by atoms with Gasteiger partial charge in [-0.2, -0.15) is 0 Å². The molecule has 0 bridgehead atoms. The lowest BCUT2D eigenvalue weighted by Crippen LogP contribution is -2.45. The molecule has 1 fully saturated rings. The van der Waals surface area contributed by atoms with Crippen molar-refractivity contribution < 1.29 is 5.11 Å². The van der Waals surface area contributed by atoms with Gasteiger partial charge < -0.3 is 10.4 Å². The van der Waals surface area contributed by atoms with E-state index in [0.717, 1.165) is 18.8 Å².